The minimum absolute atomic E-state index is 0.0702. The number of halogens is 2. The van der Waals surface area contributed by atoms with Gasteiger partial charge in [-0.1, -0.05) is 55.5 Å². The number of nitrogens with zero attached hydrogens (tertiary/aromatic N) is 1. The average molecular weight is 432 g/mol. The summed E-state index contributed by atoms with van der Waals surface area (Å²) in [5.74, 6) is 0.0510. The van der Waals surface area contributed by atoms with Crippen molar-refractivity contribution < 1.29 is 14.3 Å². The van der Waals surface area contributed by atoms with Crippen LogP contribution < -0.4 is 0 Å². The van der Waals surface area contributed by atoms with E-state index in [4.69, 9.17) is 27.6 Å². The number of aromatic carboxylic acids is 1. The lowest BCUT2D eigenvalue weighted by Gasteiger charge is -2.23. The van der Waals surface area contributed by atoms with Gasteiger partial charge in [-0.05, 0) is 55.0 Å². The largest absolute Gasteiger partial charge is 0.475 e. The first-order valence-electron chi connectivity index (χ1n) is 10.00. The highest BCUT2D eigenvalue weighted by atomic mass is 35.5. The van der Waals surface area contributed by atoms with Crippen LogP contribution in [0.3, 0.4) is 0 Å². The quantitative estimate of drug-likeness (QED) is 0.455. The molecule has 4 rings (SSSR count). The Labute approximate surface area is 180 Å². The molecule has 0 saturated heterocycles. The molecule has 0 aliphatic heterocycles. The van der Waals surface area contributed by atoms with Crippen molar-refractivity contribution in [2.75, 3.05) is 0 Å². The Morgan fingerprint density at radius 1 is 1.21 bits per heavy atom. The van der Waals surface area contributed by atoms with Gasteiger partial charge in [0, 0.05) is 17.3 Å². The zero-order valence-electron chi connectivity index (χ0n) is 16.3. The number of aromatic nitrogens is 1. The number of carboxylic acids is 1. The summed E-state index contributed by atoms with van der Waals surface area (Å²) in [7, 11) is 0. The maximum atomic E-state index is 11.3. The Morgan fingerprint density at radius 2 is 2.03 bits per heavy atom. The van der Waals surface area contributed by atoms with Crippen LogP contribution in [-0.4, -0.2) is 15.6 Å². The molecule has 4 nitrogen and oxygen atoms in total. The fourth-order valence-corrected chi connectivity index (χ4v) is 4.52. The minimum atomic E-state index is -1.08. The summed E-state index contributed by atoms with van der Waals surface area (Å²) in [4.78, 5) is 11.3. The number of hydrogen-bond acceptors (Lipinski definition) is 2. The maximum Gasteiger partial charge on any atom is 0.371 e. The van der Waals surface area contributed by atoms with E-state index >= 15 is 0 Å². The number of fused-ring (bicyclic) bond motifs is 1. The molecular formula is C23H23Cl2NO3. The molecule has 1 aliphatic rings. The van der Waals surface area contributed by atoms with Crippen LogP contribution in [0.5, 0.6) is 0 Å². The first-order valence-corrected chi connectivity index (χ1v) is 10.8. The Hall–Kier alpha value is -2.17. The van der Waals surface area contributed by atoms with Crippen molar-refractivity contribution in [2.24, 2.45) is 5.92 Å². The molecule has 1 atom stereocenters. The highest BCUT2D eigenvalue weighted by Crippen LogP contribution is 2.38. The van der Waals surface area contributed by atoms with Gasteiger partial charge in [0.2, 0.25) is 11.6 Å². The number of furan rings is 1. The normalized spacial score (nSPS) is 16.0. The third-order valence-corrected chi connectivity index (χ3v) is 6.43. The van der Waals surface area contributed by atoms with Crippen molar-refractivity contribution in [3.63, 3.8) is 0 Å². The molecule has 1 unspecified atom stereocenters. The molecule has 0 radical (unpaired) electrons. The molecule has 2 heterocycles. The predicted octanol–water partition coefficient (Wildman–Crippen LogP) is 7.04. The van der Waals surface area contributed by atoms with E-state index in [-0.39, 0.29) is 5.76 Å². The summed E-state index contributed by atoms with van der Waals surface area (Å²) >= 11 is 12.4. The summed E-state index contributed by atoms with van der Waals surface area (Å²) in [6.45, 7) is 2.23. The van der Waals surface area contributed by atoms with E-state index in [0.717, 1.165) is 30.5 Å². The Kier molecular flexibility index (Phi) is 5.75. The van der Waals surface area contributed by atoms with Gasteiger partial charge in [-0.25, -0.2) is 4.79 Å². The Bertz CT molecular complexity index is 1050. The third-order valence-electron chi connectivity index (χ3n) is 5.69. The highest BCUT2D eigenvalue weighted by Gasteiger charge is 2.26. The standard InChI is InChI=1S/C23H23Cl2NO3/c1-2-3-4-14-5-8-19-16(11-14)13-20(15-6-7-17(24)18(25)12-15)26(19)22-10-9-21(29-22)23(27)28/h6-7,9-10,12-14H,2-5,8,11H2,1H3,(H,27,28). The van der Waals surface area contributed by atoms with E-state index in [1.54, 1.807) is 12.1 Å². The number of hydrogen-bond donors (Lipinski definition) is 1. The molecule has 0 amide bonds. The van der Waals surface area contributed by atoms with Crippen LogP contribution in [0.1, 0.15) is 54.4 Å². The molecule has 0 bridgehead atoms. The zero-order chi connectivity index (χ0) is 20.5. The lowest BCUT2D eigenvalue weighted by Crippen LogP contribution is -2.15. The van der Waals surface area contributed by atoms with Crippen LogP contribution in [0, 0.1) is 5.92 Å². The molecule has 2 aromatic heterocycles. The average Bonchev–Trinajstić information content (AvgIpc) is 3.32. The minimum Gasteiger partial charge on any atom is -0.475 e. The van der Waals surface area contributed by atoms with E-state index in [1.807, 2.05) is 16.7 Å². The van der Waals surface area contributed by atoms with Gasteiger partial charge in [-0.2, -0.15) is 0 Å². The van der Waals surface area contributed by atoms with Gasteiger partial charge in [0.05, 0.1) is 15.7 Å². The predicted molar refractivity (Wildman–Crippen MR) is 115 cm³/mol. The van der Waals surface area contributed by atoms with E-state index in [0.29, 0.717) is 21.8 Å². The van der Waals surface area contributed by atoms with Crippen molar-refractivity contribution in [3.05, 3.63) is 63.5 Å². The zero-order valence-corrected chi connectivity index (χ0v) is 17.8. The molecule has 6 heteroatoms. The second kappa shape index (κ2) is 8.29. The van der Waals surface area contributed by atoms with Gasteiger partial charge < -0.3 is 9.52 Å². The van der Waals surface area contributed by atoms with Crippen LogP contribution in [-0.2, 0) is 12.8 Å². The van der Waals surface area contributed by atoms with Crippen LogP contribution in [0.4, 0.5) is 0 Å². The van der Waals surface area contributed by atoms with Crippen LogP contribution >= 0.6 is 23.2 Å². The smallest absolute Gasteiger partial charge is 0.371 e. The SMILES string of the molecule is CCCCC1CCc2c(cc(-c3ccc(Cl)c(Cl)c3)n2-c2ccc(C(=O)O)o2)C1. The number of carbonyl (C=O) groups is 1. The van der Waals surface area contributed by atoms with Gasteiger partial charge in [0.25, 0.3) is 0 Å². The molecule has 0 fully saturated rings. The number of unbranched alkanes of at least 4 members (excludes halogenated alkanes) is 1. The third kappa shape index (κ3) is 3.96. The van der Waals surface area contributed by atoms with Crippen molar-refractivity contribution in [3.8, 4) is 17.1 Å². The molecular weight excluding hydrogens is 409 g/mol. The van der Waals surface area contributed by atoms with E-state index in [9.17, 15) is 9.90 Å². The molecule has 1 N–H and O–H groups in total. The first-order chi connectivity index (χ1) is 14.0. The fourth-order valence-electron chi connectivity index (χ4n) is 4.23. The van der Waals surface area contributed by atoms with Crippen LogP contribution in [0.2, 0.25) is 10.0 Å². The Balaban J connectivity index is 1.82. The van der Waals surface area contributed by atoms with Gasteiger partial charge in [0.1, 0.15) is 0 Å². The van der Waals surface area contributed by atoms with Crippen LogP contribution in [0.15, 0.2) is 40.8 Å². The summed E-state index contributed by atoms with van der Waals surface area (Å²) in [5, 5.41) is 10.3. The van der Waals surface area contributed by atoms with Crippen molar-refractivity contribution in [1.82, 2.24) is 4.57 Å². The van der Waals surface area contributed by atoms with E-state index in [2.05, 4.69) is 13.0 Å². The Morgan fingerprint density at radius 3 is 2.72 bits per heavy atom. The second-order valence-corrected chi connectivity index (χ2v) is 8.47. The van der Waals surface area contributed by atoms with Gasteiger partial charge >= 0.3 is 5.97 Å². The molecule has 0 saturated carbocycles. The second-order valence-electron chi connectivity index (χ2n) is 7.66. The van der Waals surface area contributed by atoms with Gasteiger partial charge in [-0.15, -0.1) is 0 Å². The molecule has 1 aromatic carbocycles. The molecule has 152 valence electrons. The monoisotopic (exact) mass is 431 g/mol. The number of rotatable bonds is 6. The highest BCUT2D eigenvalue weighted by molar-refractivity contribution is 6.42. The lowest BCUT2D eigenvalue weighted by atomic mass is 9.84. The van der Waals surface area contributed by atoms with Gasteiger partial charge in [0.15, 0.2) is 0 Å². The van der Waals surface area contributed by atoms with Crippen molar-refractivity contribution >= 4 is 29.2 Å². The lowest BCUT2D eigenvalue weighted by molar-refractivity contribution is 0.0662. The molecule has 3 aromatic rings. The van der Waals surface area contributed by atoms with E-state index in [1.165, 1.54) is 36.6 Å². The maximum absolute atomic E-state index is 11.3. The van der Waals surface area contributed by atoms with Crippen LogP contribution in [0.25, 0.3) is 17.1 Å². The molecule has 29 heavy (non-hydrogen) atoms. The summed E-state index contributed by atoms with van der Waals surface area (Å²) in [5.41, 5.74) is 4.35. The molecule has 1 aliphatic carbocycles. The first kappa shape index (κ1) is 20.1. The van der Waals surface area contributed by atoms with Crippen molar-refractivity contribution in [2.45, 2.75) is 45.4 Å². The number of benzene rings is 1. The topological polar surface area (TPSA) is 55.4 Å². The number of carboxylic acid groups (broad SMARTS) is 1. The van der Waals surface area contributed by atoms with Gasteiger partial charge in [-0.3, -0.25) is 4.57 Å². The fraction of sp³-hybridized carbons (Fsp3) is 0.348. The van der Waals surface area contributed by atoms with E-state index < -0.39 is 5.97 Å². The molecule has 0 spiro atoms. The summed E-state index contributed by atoms with van der Waals surface area (Å²) < 4.78 is 7.71. The summed E-state index contributed by atoms with van der Waals surface area (Å²) in [6, 6.07) is 11.0. The summed E-state index contributed by atoms with van der Waals surface area (Å²) in [6.07, 6.45) is 6.80. The van der Waals surface area contributed by atoms with Crippen molar-refractivity contribution in [1.29, 1.82) is 0 Å².